The molecular formula is C10H19F3O. The van der Waals surface area contributed by atoms with Crippen LogP contribution >= 0.6 is 0 Å². The van der Waals surface area contributed by atoms with Crippen molar-refractivity contribution in [1.29, 1.82) is 0 Å². The number of halogens is 3. The van der Waals surface area contributed by atoms with E-state index in [0.29, 0.717) is 6.42 Å². The Labute approximate surface area is 83.6 Å². The number of ether oxygens (including phenoxy) is 1. The normalized spacial score (nSPS) is 14.4. The summed E-state index contributed by atoms with van der Waals surface area (Å²) in [5.74, 6) is 0. The Bertz CT molecular complexity index is 134. The molecule has 0 radical (unpaired) electrons. The molecule has 0 aromatic heterocycles. The molecule has 1 atom stereocenters. The standard InChI is InChI=1S/C10H19F3O/c1-3-5-6-7-9(4-2)14-8-10(11,12)13/h9H,3-8H2,1-2H3. The minimum absolute atomic E-state index is 0.233. The molecule has 0 aliphatic carbocycles. The van der Waals surface area contributed by atoms with Crippen molar-refractivity contribution in [3.63, 3.8) is 0 Å². The van der Waals surface area contributed by atoms with Gasteiger partial charge in [0.05, 0.1) is 6.10 Å². The molecule has 0 fully saturated rings. The maximum Gasteiger partial charge on any atom is 0.411 e. The number of unbranched alkanes of at least 4 members (excludes halogenated alkanes) is 2. The maximum atomic E-state index is 11.8. The van der Waals surface area contributed by atoms with Crippen molar-refractivity contribution in [2.24, 2.45) is 0 Å². The van der Waals surface area contributed by atoms with Crippen molar-refractivity contribution in [1.82, 2.24) is 0 Å². The lowest BCUT2D eigenvalue weighted by atomic mass is 10.1. The summed E-state index contributed by atoms with van der Waals surface area (Å²) >= 11 is 0. The van der Waals surface area contributed by atoms with Crippen LogP contribution in [0.4, 0.5) is 13.2 Å². The average Bonchev–Trinajstić information content (AvgIpc) is 2.09. The summed E-state index contributed by atoms with van der Waals surface area (Å²) in [5, 5.41) is 0. The van der Waals surface area contributed by atoms with Gasteiger partial charge in [0.2, 0.25) is 0 Å². The highest BCUT2D eigenvalue weighted by Crippen LogP contribution is 2.18. The summed E-state index contributed by atoms with van der Waals surface area (Å²) < 4.78 is 40.2. The zero-order valence-corrected chi connectivity index (χ0v) is 8.86. The lowest BCUT2D eigenvalue weighted by Crippen LogP contribution is -2.23. The van der Waals surface area contributed by atoms with E-state index < -0.39 is 12.8 Å². The number of rotatable bonds is 7. The molecule has 0 heterocycles. The number of hydrogen-bond donors (Lipinski definition) is 0. The van der Waals surface area contributed by atoms with E-state index in [2.05, 4.69) is 6.92 Å². The number of alkyl halides is 3. The molecule has 86 valence electrons. The molecule has 0 saturated carbocycles. The predicted octanol–water partition coefficient (Wildman–Crippen LogP) is 3.92. The van der Waals surface area contributed by atoms with E-state index in [-0.39, 0.29) is 6.10 Å². The maximum absolute atomic E-state index is 11.8. The smallest absolute Gasteiger partial charge is 0.369 e. The molecule has 0 N–H and O–H groups in total. The van der Waals surface area contributed by atoms with Crippen LogP contribution in [-0.4, -0.2) is 18.9 Å². The summed E-state index contributed by atoms with van der Waals surface area (Å²) in [6.45, 7) is 2.81. The van der Waals surface area contributed by atoms with Gasteiger partial charge in [0.25, 0.3) is 0 Å². The summed E-state index contributed by atoms with van der Waals surface area (Å²) in [6, 6.07) is 0. The largest absolute Gasteiger partial charge is 0.411 e. The first-order chi connectivity index (χ1) is 6.49. The van der Waals surface area contributed by atoms with Gasteiger partial charge in [-0.25, -0.2) is 0 Å². The van der Waals surface area contributed by atoms with Crippen LogP contribution in [0.1, 0.15) is 46.0 Å². The summed E-state index contributed by atoms with van der Waals surface area (Å²) in [4.78, 5) is 0. The quantitative estimate of drug-likeness (QED) is 0.581. The van der Waals surface area contributed by atoms with Gasteiger partial charge in [0, 0.05) is 0 Å². The Morgan fingerprint density at radius 2 is 1.79 bits per heavy atom. The second-order valence-corrected chi connectivity index (χ2v) is 3.45. The molecule has 0 saturated heterocycles. The van der Waals surface area contributed by atoms with Gasteiger partial charge in [-0.15, -0.1) is 0 Å². The van der Waals surface area contributed by atoms with Gasteiger partial charge in [-0.2, -0.15) is 13.2 Å². The van der Waals surface area contributed by atoms with E-state index in [0.717, 1.165) is 25.7 Å². The molecule has 0 bridgehead atoms. The van der Waals surface area contributed by atoms with Gasteiger partial charge < -0.3 is 4.74 Å². The molecule has 4 heteroatoms. The van der Waals surface area contributed by atoms with Gasteiger partial charge in [0.15, 0.2) is 0 Å². The molecule has 1 nitrogen and oxygen atoms in total. The van der Waals surface area contributed by atoms with Crippen LogP contribution in [0.25, 0.3) is 0 Å². The van der Waals surface area contributed by atoms with Gasteiger partial charge >= 0.3 is 6.18 Å². The van der Waals surface area contributed by atoms with Crippen LogP contribution in [-0.2, 0) is 4.74 Å². The molecular weight excluding hydrogens is 193 g/mol. The van der Waals surface area contributed by atoms with Gasteiger partial charge in [0.1, 0.15) is 6.61 Å². The van der Waals surface area contributed by atoms with Crippen LogP contribution < -0.4 is 0 Å². The highest BCUT2D eigenvalue weighted by Gasteiger charge is 2.28. The van der Waals surface area contributed by atoms with Crippen LogP contribution in [0.2, 0.25) is 0 Å². The number of hydrogen-bond acceptors (Lipinski definition) is 1. The second kappa shape index (κ2) is 7.10. The third-order valence-corrected chi connectivity index (χ3v) is 2.07. The lowest BCUT2D eigenvalue weighted by Gasteiger charge is -2.17. The van der Waals surface area contributed by atoms with Crippen molar-refractivity contribution in [3.8, 4) is 0 Å². The van der Waals surface area contributed by atoms with Crippen molar-refractivity contribution in [2.75, 3.05) is 6.61 Å². The topological polar surface area (TPSA) is 9.23 Å². The van der Waals surface area contributed by atoms with Gasteiger partial charge in [-0.3, -0.25) is 0 Å². The zero-order chi connectivity index (χ0) is 11.0. The van der Waals surface area contributed by atoms with E-state index in [9.17, 15) is 13.2 Å². The van der Waals surface area contributed by atoms with Crippen molar-refractivity contribution >= 4 is 0 Å². The summed E-state index contributed by atoms with van der Waals surface area (Å²) in [6.07, 6.45) is 0.0514. The van der Waals surface area contributed by atoms with Crippen molar-refractivity contribution < 1.29 is 17.9 Å². The molecule has 0 spiro atoms. The molecule has 14 heavy (non-hydrogen) atoms. The third-order valence-electron chi connectivity index (χ3n) is 2.07. The zero-order valence-electron chi connectivity index (χ0n) is 8.86. The van der Waals surface area contributed by atoms with E-state index in [1.54, 1.807) is 0 Å². The average molecular weight is 212 g/mol. The SMILES string of the molecule is CCCCCC(CC)OCC(F)(F)F. The van der Waals surface area contributed by atoms with Gasteiger partial charge in [-0.05, 0) is 12.8 Å². The van der Waals surface area contributed by atoms with E-state index in [1.807, 2.05) is 6.92 Å². The molecule has 1 unspecified atom stereocenters. The van der Waals surface area contributed by atoms with E-state index >= 15 is 0 Å². The molecule has 0 amide bonds. The Hall–Kier alpha value is -0.250. The van der Waals surface area contributed by atoms with Crippen molar-refractivity contribution in [3.05, 3.63) is 0 Å². The van der Waals surface area contributed by atoms with Crippen LogP contribution in [0.15, 0.2) is 0 Å². The Morgan fingerprint density at radius 3 is 2.21 bits per heavy atom. The molecule has 0 aliphatic heterocycles. The fourth-order valence-electron chi connectivity index (χ4n) is 1.24. The Kier molecular flexibility index (Phi) is 6.97. The first-order valence-corrected chi connectivity index (χ1v) is 5.18. The molecule has 0 rings (SSSR count). The first kappa shape index (κ1) is 13.8. The van der Waals surface area contributed by atoms with Crippen LogP contribution in [0.3, 0.4) is 0 Å². The fraction of sp³-hybridized carbons (Fsp3) is 1.00. The predicted molar refractivity (Wildman–Crippen MR) is 50.2 cm³/mol. The van der Waals surface area contributed by atoms with Crippen LogP contribution in [0, 0.1) is 0 Å². The highest BCUT2D eigenvalue weighted by atomic mass is 19.4. The molecule has 0 aliphatic rings. The van der Waals surface area contributed by atoms with Crippen molar-refractivity contribution in [2.45, 2.75) is 58.2 Å². The summed E-state index contributed by atoms with van der Waals surface area (Å²) in [5.41, 5.74) is 0. The first-order valence-electron chi connectivity index (χ1n) is 5.18. The van der Waals surface area contributed by atoms with E-state index in [4.69, 9.17) is 4.74 Å². The second-order valence-electron chi connectivity index (χ2n) is 3.45. The Balaban J connectivity index is 3.58. The lowest BCUT2D eigenvalue weighted by molar-refractivity contribution is -0.186. The minimum atomic E-state index is -4.20. The fourth-order valence-corrected chi connectivity index (χ4v) is 1.24. The Morgan fingerprint density at radius 1 is 1.14 bits per heavy atom. The van der Waals surface area contributed by atoms with Crippen LogP contribution in [0.5, 0.6) is 0 Å². The third kappa shape index (κ3) is 8.35. The van der Waals surface area contributed by atoms with Gasteiger partial charge in [-0.1, -0.05) is 33.1 Å². The molecule has 0 aromatic rings. The van der Waals surface area contributed by atoms with E-state index in [1.165, 1.54) is 0 Å². The molecule has 0 aromatic carbocycles. The summed E-state index contributed by atoms with van der Waals surface area (Å²) in [7, 11) is 0. The minimum Gasteiger partial charge on any atom is -0.369 e. The monoisotopic (exact) mass is 212 g/mol. The highest BCUT2D eigenvalue weighted by molar-refractivity contribution is 4.58.